The van der Waals surface area contributed by atoms with Crippen molar-refractivity contribution in [3.8, 4) is 5.75 Å². The van der Waals surface area contributed by atoms with Crippen LogP contribution < -0.4 is 10.1 Å². The van der Waals surface area contributed by atoms with Crippen LogP contribution >= 0.6 is 0 Å². The van der Waals surface area contributed by atoms with E-state index in [1.54, 1.807) is 48.3 Å². The van der Waals surface area contributed by atoms with Gasteiger partial charge in [0.25, 0.3) is 5.91 Å². The molecule has 0 aliphatic carbocycles. The molecule has 0 saturated heterocycles. The third kappa shape index (κ3) is 3.59. The molecule has 0 spiro atoms. The van der Waals surface area contributed by atoms with Crippen molar-refractivity contribution >= 4 is 5.91 Å². The highest BCUT2D eigenvalue weighted by atomic mass is 19.1. The van der Waals surface area contributed by atoms with E-state index in [9.17, 15) is 9.18 Å². The van der Waals surface area contributed by atoms with Crippen LogP contribution in [-0.4, -0.2) is 22.6 Å². The number of aryl methyl sites for hydroxylation is 2. The summed E-state index contributed by atoms with van der Waals surface area (Å²) in [7, 11) is 3.39. The zero-order valence-corrected chi connectivity index (χ0v) is 14.9. The minimum Gasteiger partial charge on any atom is -0.496 e. The van der Waals surface area contributed by atoms with Gasteiger partial charge < -0.3 is 14.6 Å². The molecule has 0 aliphatic heterocycles. The Hall–Kier alpha value is -3.15. The second kappa shape index (κ2) is 7.39. The Bertz CT molecular complexity index is 936. The summed E-state index contributed by atoms with van der Waals surface area (Å²) in [5, 5.41) is 2.95. The summed E-state index contributed by atoms with van der Waals surface area (Å²) in [6.45, 7) is 1.91. The second-order valence-corrected chi connectivity index (χ2v) is 6.04. The molecule has 1 heterocycles. The minimum absolute atomic E-state index is 0.291. The lowest BCUT2D eigenvalue weighted by Gasteiger charge is -2.19. The maximum Gasteiger partial charge on any atom is 0.252 e. The molecule has 0 bridgehead atoms. The molecule has 6 heteroatoms. The highest BCUT2D eigenvalue weighted by Gasteiger charge is 2.22. The molecule has 1 unspecified atom stereocenters. The van der Waals surface area contributed by atoms with Crippen LogP contribution in [0.5, 0.6) is 5.75 Å². The van der Waals surface area contributed by atoms with E-state index in [1.807, 2.05) is 20.0 Å². The first kappa shape index (κ1) is 17.7. The Balaban J connectivity index is 1.96. The first-order chi connectivity index (χ1) is 12.5. The number of carbonyl (C=O) groups excluding carboxylic acids is 1. The van der Waals surface area contributed by atoms with Gasteiger partial charge in [0.05, 0.1) is 7.11 Å². The lowest BCUT2D eigenvalue weighted by molar-refractivity contribution is 0.0940. The monoisotopic (exact) mass is 353 g/mol. The SMILES string of the molecule is COc1cc(C(=O)NC(c2cccc(F)c2)c2nccn2C)ccc1C. The number of nitrogens with zero attached hydrogens (tertiary/aromatic N) is 2. The highest BCUT2D eigenvalue weighted by molar-refractivity contribution is 5.95. The van der Waals surface area contributed by atoms with Gasteiger partial charge in [-0.25, -0.2) is 9.37 Å². The standard InChI is InChI=1S/C20H20FN3O2/c1-13-7-8-15(12-17(13)26-3)20(25)23-18(19-22-9-10-24(19)2)14-5-4-6-16(21)11-14/h4-12,18H,1-3H3,(H,23,25). The number of carbonyl (C=O) groups is 1. The number of aromatic nitrogens is 2. The van der Waals surface area contributed by atoms with E-state index in [4.69, 9.17) is 4.74 Å². The van der Waals surface area contributed by atoms with Gasteiger partial charge in [0.1, 0.15) is 23.4 Å². The largest absolute Gasteiger partial charge is 0.496 e. The van der Waals surface area contributed by atoms with Crippen molar-refractivity contribution in [2.75, 3.05) is 7.11 Å². The highest BCUT2D eigenvalue weighted by Crippen LogP contribution is 2.23. The zero-order valence-electron chi connectivity index (χ0n) is 14.9. The fourth-order valence-electron chi connectivity index (χ4n) is 2.81. The number of rotatable bonds is 5. The average Bonchev–Trinajstić information content (AvgIpc) is 3.05. The summed E-state index contributed by atoms with van der Waals surface area (Å²) >= 11 is 0. The van der Waals surface area contributed by atoms with Crippen LogP contribution in [0.25, 0.3) is 0 Å². The minimum atomic E-state index is -0.578. The number of halogens is 1. The van der Waals surface area contributed by atoms with Gasteiger partial charge >= 0.3 is 0 Å². The lowest BCUT2D eigenvalue weighted by Crippen LogP contribution is -2.31. The third-order valence-electron chi connectivity index (χ3n) is 4.24. The van der Waals surface area contributed by atoms with Gasteiger partial charge in [0.15, 0.2) is 0 Å². The first-order valence-electron chi connectivity index (χ1n) is 8.18. The molecular formula is C20H20FN3O2. The fourth-order valence-corrected chi connectivity index (χ4v) is 2.81. The molecule has 3 rings (SSSR count). The molecule has 1 aromatic heterocycles. The predicted octanol–water partition coefficient (Wildman–Crippen LogP) is 3.40. The van der Waals surface area contributed by atoms with Gasteiger partial charge in [0, 0.05) is 25.0 Å². The molecule has 1 N–H and O–H groups in total. The van der Waals surface area contributed by atoms with E-state index in [2.05, 4.69) is 10.3 Å². The van der Waals surface area contributed by atoms with Crippen LogP contribution in [0, 0.1) is 12.7 Å². The van der Waals surface area contributed by atoms with Crippen LogP contribution in [-0.2, 0) is 7.05 Å². The van der Waals surface area contributed by atoms with Gasteiger partial charge in [-0.2, -0.15) is 0 Å². The molecule has 0 saturated carbocycles. The molecule has 5 nitrogen and oxygen atoms in total. The third-order valence-corrected chi connectivity index (χ3v) is 4.24. The molecule has 2 aromatic carbocycles. The number of hydrogen-bond acceptors (Lipinski definition) is 3. The summed E-state index contributed by atoms with van der Waals surface area (Å²) in [6, 6.07) is 10.8. The fraction of sp³-hybridized carbons (Fsp3) is 0.200. The van der Waals surface area contributed by atoms with E-state index in [0.29, 0.717) is 22.7 Å². The van der Waals surface area contributed by atoms with Gasteiger partial charge in [-0.05, 0) is 42.3 Å². The molecule has 3 aromatic rings. The van der Waals surface area contributed by atoms with E-state index in [1.165, 1.54) is 12.1 Å². The van der Waals surface area contributed by atoms with Crippen molar-refractivity contribution in [3.63, 3.8) is 0 Å². The van der Waals surface area contributed by atoms with Gasteiger partial charge in [-0.15, -0.1) is 0 Å². The van der Waals surface area contributed by atoms with Crippen LogP contribution in [0.1, 0.15) is 33.4 Å². The Morgan fingerprint density at radius 3 is 2.73 bits per heavy atom. The number of nitrogens with one attached hydrogen (secondary N) is 1. The second-order valence-electron chi connectivity index (χ2n) is 6.04. The van der Waals surface area contributed by atoms with Crippen molar-refractivity contribution in [2.45, 2.75) is 13.0 Å². The van der Waals surface area contributed by atoms with Crippen molar-refractivity contribution < 1.29 is 13.9 Å². The maximum atomic E-state index is 13.7. The normalized spacial score (nSPS) is 11.8. The van der Waals surface area contributed by atoms with Crippen molar-refractivity contribution in [2.24, 2.45) is 7.05 Å². The Morgan fingerprint density at radius 1 is 1.27 bits per heavy atom. The molecule has 1 amide bonds. The van der Waals surface area contributed by atoms with Crippen molar-refractivity contribution in [1.29, 1.82) is 0 Å². The number of amides is 1. The summed E-state index contributed by atoms with van der Waals surface area (Å²) in [5.41, 5.74) is 2.02. The maximum absolute atomic E-state index is 13.7. The molecule has 134 valence electrons. The summed E-state index contributed by atoms with van der Waals surface area (Å²) in [4.78, 5) is 17.1. The van der Waals surface area contributed by atoms with E-state index >= 15 is 0 Å². The number of imidazole rings is 1. The Morgan fingerprint density at radius 2 is 2.08 bits per heavy atom. The molecular weight excluding hydrogens is 333 g/mol. The van der Waals surface area contributed by atoms with Crippen molar-refractivity contribution in [3.05, 3.63) is 83.2 Å². The Kier molecular flexibility index (Phi) is 5.02. The van der Waals surface area contributed by atoms with Crippen LogP contribution in [0.2, 0.25) is 0 Å². The first-order valence-corrected chi connectivity index (χ1v) is 8.18. The van der Waals surface area contributed by atoms with E-state index in [0.717, 1.165) is 5.56 Å². The average molecular weight is 353 g/mol. The van der Waals surface area contributed by atoms with Gasteiger partial charge in [0.2, 0.25) is 0 Å². The smallest absolute Gasteiger partial charge is 0.252 e. The molecule has 0 radical (unpaired) electrons. The molecule has 26 heavy (non-hydrogen) atoms. The van der Waals surface area contributed by atoms with Crippen LogP contribution in [0.3, 0.4) is 0 Å². The zero-order chi connectivity index (χ0) is 18.7. The molecule has 0 aliphatic rings. The predicted molar refractivity (Wildman–Crippen MR) is 96.6 cm³/mol. The van der Waals surface area contributed by atoms with Gasteiger partial charge in [-0.1, -0.05) is 18.2 Å². The summed E-state index contributed by atoms with van der Waals surface area (Å²) in [5.74, 6) is 0.591. The summed E-state index contributed by atoms with van der Waals surface area (Å²) in [6.07, 6.45) is 3.42. The quantitative estimate of drug-likeness (QED) is 0.765. The molecule has 0 fully saturated rings. The van der Waals surface area contributed by atoms with Crippen LogP contribution in [0.4, 0.5) is 4.39 Å². The van der Waals surface area contributed by atoms with E-state index < -0.39 is 6.04 Å². The molecule has 1 atom stereocenters. The number of methoxy groups -OCH3 is 1. The number of benzene rings is 2. The number of hydrogen-bond donors (Lipinski definition) is 1. The van der Waals surface area contributed by atoms with Crippen LogP contribution in [0.15, 0.2) is 54.9 Å². The van der Waals surface area contributed by atoms with Gasteiger partial charge in [-0.3, -0.25) is 4.79 Å². The Labute approximate surface area is 151 Å². The topological polar surface area (TPSA) is 56.1 Å². The number of ether oxygens (including phenoxy) is 1. The van der Waals surface area contributed by atoms with Crippen molar-refractivity contribution in [1.82, 2.24) is 14.9 Å². The summed E-state index contributed by atoms with van der Waals surface area (Å²) < 4.78 is 20.8. The lowest BCUT2D eigenvalue weighted by atomic mass is 10.0. The van der Waals surface area contributed by atoms with E-state index in [-0.39, 0.29) is 11.7 Å².